The summed E-state index contributed by atoms with van der Waals surface area (Å²) in [5.74, 6) is 3.90. The molecule has 6 nitrogen and oxygen atoms in total. The van der Waals surface area contributed by atoms with Crippen LogP contribution in [0.5, 0.6) is 17.2 Å². The molecule has 1 fully saturated rings. The summed E-state index contributed by atoms with van der Waals surface area (Å²) < 4.78 is 17.2. The minimum atomic E-state index is 0.0309. The van der Waals surface area contributed by atoms with E-state index in [0.717, 1.165) is 67.5 Å². The van der Waals surface area contributed by atoms with Crippen LogP contribution in [0.2, 0.25) is 0 Å². The van der Waals surface area contributed by atoms with Gasteiger partial charge in [-0.2, -0.15) is 11.8 Å². The van der Waals surface area contributed by atoms with E-state index in [1.165, 1.54) is 27.8 Å². The normalized spacial score (nSPS) is 18.0. The zero-order chi connectivity index (χ0) is 28.8. The van der Waals surface area contributed by atoms with E-state index in [1.807, 2.05) is 17.8 Å². The van der Waals surface area contributed by atoms with Crippen LogP contribution in [0.15, 0.2) is 54.6 Å². The molecule has 1 saturated heterocycles. The monoisotopic (exact) mass is 574 g/mol. The second-order valence-corrected chi connectivity index (χ2v) is 12.0. The summed E-state index contributed by atoms with van der Waals surface area (Å²) in [7, 11) is 0. The Kier molecular flexibility index (Phi) is 9.78. The Hall–Kier alpha value is -3.16. The Morgan fingerprint density at radius 2 is 1.71 bits per heavy atom. The molecular formula is C34H42N2O4S. The van der Waals surface area contributed by atoms with Crippen LogP contribution >= 0.6 is 11.8 Å². The van der Waals surface area contributed by atoms with Gasteiger partial charge in [-0.15, -0.1) is 0 Å². The smallest absolute Gasteiger partial charge is 0.238 e. The number of carbonyl (C=O) groups is 1. The molecule has 1 N–H and O–H groups in total. The highest BCUT2D eigenvalue weighted by Crippen LogP contribution is 2.43. The molecule has 0 saturated carbocycles. The number of ether oxygens (including phenoxy) is 3. The zero-order valence-electron chi connectivity index (χ0n) is 24.7. The van der Waals surface area contributed by atoms with Gasteiger partial charge >= 0.3 is 0 Å². The number of hydrogen-bond acceptors (Lipinski definition) is 6. The van der Waals surface area contributed by atoms with Crippen LogP contribution < -0.4 is 19.5 Å². The first kappa shape index (κ1) is 29.3. The molecule has 2 aliphatic heterocycles. The topological polar surface area (TPSA) is 60.0 Å². The number of anilines is 1. The van der Waals surface area contributed by atoms with Crippen molar-refractivity contribution in [2.45, 2.75) is 58.4 Å². The fourth-order valence-electron chi connectivity index (χ4n) is 6.04. The van der Waals surface area contributed by atoms with E-state index >= 15 is 0 Å². The molecule has 0 radical (unpaired) electrons. The lowest BCUT2D eigenvalue weighted by Gasteiger charge is -2.25. The average molecular weight is 575 g/mol. The fraction of sp³-hybridized carbons (Fsp3) is 0.441. The van der Waals surface area contributed by atoms with Gasteiger partial charge in [-0.3, -0.25) is 9.69 Å². The number of nitrogens with zero attached hydrogens (tertiary/aromatic N) is 1. The fourth-order valence-corrected chi connectivity index (χ4v) is 6.44. The lowest BCUT2D eigenvalue weighted by Crippen LogP contribution is -2.33. The number of likely N-dealkylation sites (tertiary alicyclic amines) is 1. The number of nitrogens with one attached hydrogen (secondary N) is 1. The van der Waals surface area contributed by atoms with Gasteiger partial charge in [0.1, 0.15) is 5.75 Å². The highest BCUT2D eigenvalue weighted by atomic mass is 32.2. The largest absolute Gasteiger partial charge is 0.494 e. The van der Waals surface area contributed by atoms with Gasteiger partial charge in [0.05, 0.1) is 13.2 Å². The molecule has 0 unspecified atom stereocenters. The van der Waals surface area contributed by atoms with Crippen LogP contribution in [0, 0.1) is 6.92 Å². The molecule has 41 heavy (non-hydrogen) atoms. The average Bonchev–Trinajstić information content (AvgIpc) is 3.63. The van der Waals surface area contributed by atoms with Gasteiger partial charge in [0, 0.05) is 18.3 Å². The number of amides is 1. The van der Waals surface area contributed by atoms with Crippen molar-refractivity contribution in [2.24, 2.45) is 0 Å². The van der Waals surface area contributed by atoms with Crippen molar-refractivity contribution in [3.8, 4) is 17.2 Å². The molecular weight excluding hydrogens is 532 g/mol. The number of hydrogen-bond donors (Lipinski definition) is 1. The number of carbonyl (C=O) groups excluding carboxylic acids is 1. The molecule has 0 aliphatic carbocycles. The molecule has 3 aromatic carbocycles. The SMILES string of the molecule is CCc1cc(C)cc(CC)c1NC(=O)CN1C[C@H](c2ccc3c(c2)OCO3)C[C@@H]1c1ccc(OCCCSC)cc1. The highest BCUT2D eigenvalue weighted by molar-refractivity contribution is 7.98. The van der Waals surface area contributed by atoms with E-state index in [1.54, 1.807) is 0 Å². The van der Waals surface area contributed by atoms with Crippen molar-refractivity contribution in [1.82, 2.24) is 4.90 Å². The third-order valence-corrected chi connectivity index (χ3v) is 8.81. The van der Waals surface area contributed by atoms with Crippen LogP contribution in [0.3, 0.4) is 0 Å². The number of rotatable bonds is 12. The Morgan fingerprint density at radius 1 is 1.00 bits per heavy atom. The predicted octanol–water partition coefficient (Wildman–Crippen LogP) is 7.15. The highest BCUT2D eigenvalue weighted by Gasteiger charge is 2.35. The van der Waals surface area contributed by atoms with Crippen LogP contribution in [-0.2, 0) is 17.6 Å². The van der Waals surface area contributed by atoms with Crippen molar-refractivity contribution in [2.75, 3.05) is 43.8 Å². The summed E-state index contributed by atoms with van der Waals surface area (Å²) in [5, 5.41) is 3.30. The number of benzene rings is 3. The third-order valence-electron chi connectivity index (χ3n) is 8.12. The summed E-state index contributed by atoms with van der Waals surface area (Å²) in [5.41, 5.74) is 7.03. The van der Waals surface area contributed by atoms with Crippen molar-refractivity contribution in [3.63, 3.8) is 0 Å². The first-order valence-corrected chi connectivity index (χ1v) is 16.2. The Bertz CT molecular complexity index is 1320. The van der Waals surface area contributed by atoms with Crippen LogP contribution in [0.25, 0.3) is 0 Å². The molecule has 2 atom stereocenters. The van der Waals surface area contributed by atoms with Gasteiger partial charge in [0.2, 0.25) is 12.7 Å². The molecule has 1 amide bonds. The lowest BCUT2D eigenvalue weighted by molar-refractivity contribution is -0.117. The van der Waals surface area contributed by atoms with E-state index in [4.69, 9.17) is 14.2 Å². The van der Waals surface area contributed by atoms with Gasteiger partial charge in [-0.25, -0.2) is 0 Å². The van der Waals surface area contributed by atoms with Crippen LogP contribution in [0.4, 0.5) is 5.69 Å². The lowest BCUT2D eigenvalue weighted by atomic mass is 9.93. The molecule has 2 aliphatic rings. The molecule has 2 heterocycles. The van der Waals surface area contributed by atoms with Crippen LogP contribution in [0.1, 0.15) is 66.5 Å². The van der Waals surface area contributed by atoms with Gasteiger partial charge in [-0.1, -0.05) is 49.7 Å². The minimum absolute atomic E-state index is 0.0309. The summed E-state index contributed by atoms with van der Waals surface area (Å²) in [4.78, 5) is 15.9. The van der Waals surface area contributed by atoms with E-state index in [9.17, 15) is 4.79 Å². The summed E-state index contributed by atoms with van der Waals surface area (Å²) >= 11 is 1.84. The Balaban J connectivity index is 1.35. The summed E-state index contributed by atoms with van der Waals surface area (Å²) in [6, 6.07) is 19.2. The van der Waals surface area contributed by atoms with Gasteiger partial charge < -0.3 is 19.5 Å². The van der Waals surface area contributed by atoms with E-state index in [2.05, 4.69) is 85.8 Å². The molecule has 218 valence electrons. The predicted molar refractivity (Wildman–Crippen MR) is 168 cm³/mol. The second-order valence-electron chi connectivity index (χ2n) is 11.0. The third kappa shape index (κ3) is 7.02. The minimum Gasteiger partial charge on any atom is -0.494 e. The van der Waals surface area contributed by atoms with Crippen molar-refractivity contribution in [1.29, 1.82) is 0 Å². The Morgan fingerprint density at radius 3 is 2.41 bits per heavy atom. The zero-order valence-corrected chi connectivity index (χ0v) is 25.5. The van der Waals surface area contributed by atoms with Crippen LogP contribution in [-0.4, -0.2) is 49.3 Å². The molecule has 3 aromatic rings. The quantitative estimate of drug-likeness (QED) is 0.232. The summed E-state index contributed by atoms with van der Waals surface area (Å²) in [6.45, 7) is 8.52. The van der Waals surface area contributed by atoms with E-state index < -0.39 is 0 Å². The molecule has 5 rings (SSSR count). The first-order chi connectivity index (χ1) is 20.0. The molecule has 7 heteroatoms. The maximum absolute atomic E-state index is 13.6. The summed E-state index contributed by atoms with van der Waals surface area (Å²) in [6.07, 6.45) is 5.84. The van der Waals surface area contributed by atoms with Gasteiger partial charge in [-0.05, 0) is 97.1 Å². The maximum atomic E-state index is 13.6. The van der Waals surface area contributed by atoms with E-state index in [-0.39, 0.29) is 24.7 Å². The molecule has 0 bridgehead atoms. The van der Waals surface area contributed by atoms with Crippen molar-refractivity contribution < 1.29 is 19.0 Å². The van der Waals surface area contributed by atoms with Crippen molar-refractivity contribution in [3.05, 3.63) is 82.4 Å². The number of fused-ring (bicyclic) bond motifs is 1. The van der Waals surface area contributed by atoms with E-state index in [0.29, 0.717) is 6.54 Å². The second kappa shape index (κ2) is 13.7. The van der Waals surface area contributed by atoms with Crippen molar-refractivity contribution >= 4 is 23.4 Å². The number of thioether (sulfide) groups is 1. The standard InChI is InChI=1S/C34H42N2O4S/c1-5-24-16-23(3)17-25(6-2)34(24)35-33(37)21-36-20-28(27-10-13-31-32(19-27)40-22-39-31)18-30(36)26-8-11-29(12-9-26)38-14-7-15-41-4/h8-13,16-17,19,28,30H,5-7,14-15,18,20-22H2,1-4H3,(H,35,37)/t28-,30-/m1/s1. The van der Waals surface area contributed by atoms with Gasteiger partial charge in [0.15, 0.2) is 11.5 Å². The van der Waals surface area contributed by atoms with Gasteiger partial charge in [0.25, 0.3) is 0 Å². The molecule has 0 aromatic heterocycles. The number of aryl methyl sites for hydroxylation is 3. The molecule has 0 spiro atoms. The first-order valence-electron chi connectivity index (χ1n) is 14.8. The Labute approximate surface area is 248 Å². The maximum Gasteiger partial charge on any atom is 0.238 e.